The van der Waals surface area contributed by atoms with Gasteiger partial charge in [0.1, 0.15) is 4.88 Å². The molecule has 0 saturated heterocycles. The van der Waals surface area contributed by atoms with Crippen LogP contribution in [0.2, 0.25) is 0 Å². The van der Waals surface area contributed by atoms with Gasteiger partial charge in [-0.2, -0.15) is 0 Å². The second kappa shape index (κ2) is 5.26. The molecule has 0 aliphatic heterocycles. The Hall–Kier alpha value is -0.680. The van der Waals surface area contributed by atoms with E-state index in [2.05, 4.69) is 0 Å². The van der Waals surface area contributed by atoms with Crippen molar-refractivity contribution in [3.63, 3.8) is 0 Å². The van der Waals surface area contributed by atoms with Crippen LogP contribution in [0.25, 0.3) is 0 Å². The van der Waals surface area contributed by atoms with Gasteiger partial charge in [0.2, 0.25) is 0 Å². The minimum Gasteiger partial charge on any atom is -0.477 e. The number of rotatable bonds is 5. The van der Waals surface area contributed by atoms with E-state index in [1.54, 1.807) is 11.4 Å². The molecule has 0 fully saturated rings. The standard InChI is InChI=1S/C9H12O3S2/c1-2-5-14(12)6-7-3-4-13-8(7)9(10)11/h3-4H,2,5-6H2,1H3,(H,10,11). The van der Waals surface area contributed by atoms with Crippen molar-refractivity contribution in [3.8, 4) is 0 Å². The summed E-state index contributed by atoms with van der Waals surface area (Å²) in [5, 5.41) is 10.5. The van der Waals surface area contributed by atoms with Gasteiger partial charge < -0.3 is 5.11 Å². The second-order valence-electron chi connectivity index (χ2n) is 2.87. The van der Waals surface area contributed by atoms with Gasteiger partial charge in [-0.05, 0) is 23.4 Å². The van der Waals surface area contributed by atoms with E-state index in [0.717, 1.165) is 6.42 Å². The summed E-state index contributed by atoms with van der Waals surface area (Å²) in [5.74, 6) is 0.0666. The van der Waals surface area contributed by atoms with Crippen LogP contribution in [-0.4, -0.2) is 21.0 Å². The molecule has 1 rings (SSSR count). The molecular weight excluding hydrogens is 220 g/mol. The van der Waals surface area contributed by atoms with Crippen LogP contribution in [0.4, 0.5) is 0 Å². The van der Waals surface area contributed by atoms with Crippen molar-refractivity contribution in [1.29, 1.82) is 0 Å². The van der Waals surface area contributed by atoms with Crippen LogP contribution in [0.15, 0.2) is 11.4 Å². The Labute approximate surface area is 89.2 Å². The quantitative estimate of drug-likeness (QED) is 0.846. The predicted molar refractivity (Wildman–Crippen MR) is 58.3 cm³/mol. The van der Waals surface area contributed by atoms with Gasteiger partial charge in [0.25, 0.3) is 0 Å². The molecule has 1 aromatic rings. The van der Waals surface area contributed by atoms with Crippen LogP contribution >= 0.6 is 11.3 Å². The molecule has 0 amide bonds. The molecule has 1 unspecified atom stereocenters. The largest absolute Gasteiger partial charge is 0.477 e. The first-order valence-electron chi connectivity index (χ1n) is 4.29. The van der Waals surface area contributed by atoms with E-state index in [0.29, 0.717) is 21.9 Å². The highest BCUT2D eigenvalue weighted by Gasteiger charge is 2.13. The lowest BCUT2D eigenvalue weighted by atomic mass is 10.3. The van der Waals surface area contributed by atoms with Gasteiger partial charge in [-0.3, -0.25) is 4.21 Å². The molecule has 5 heteroatoms. The third kappa shape index (κ3) is 2.92. The molecule has 0 spiro atoms. The number of hydrogen-bond acceptors (Lipinski definition) is 3. The maximum absolute atomic E-state index is 11.4. The van der Waals surface area contributed by atoms with E-state index >= 15 is 0 Å². The maximum Gasteiger partial charge on any atom is 0.346 e. The molecule has 1 atom stereocenters. The van der Waals surface area contributed by atoms with Crippen LogP contribution in [0.1, 0.15) is 28.6 Å². The Bertz CT molecular complexity index is 344. The molecule has 1 N–H and O–H groups in total. The summed E-state index contributed by atoms with van der Waals surface area (Å²) in [6.07, 6.45) is 0.860. The Morgan fingerprint density at radius 2 is 2.36 bits per heavy atom. The van der Waals surface area contributed by atoms with Gasteiger partial charge in [0.05, 0.1) is 5.75 Å². The summed E-state index contributed by atoms with van der Waals surface area (Å²) in [6.45, 7) is 1.96. The van der Waals surface area contributed by atoms with Crippen molar-refractivity contribution in [2.24, 2.45) is 0 Å². The number of carboxylic acid groups (broad SMARTS) is 1. The number of hydrogen-bond donors (Lipinski definition) is 1. The Balaban J connectivity index is 2.71. The van der Waals surface area contributed by atoms with Crippen molar-refractivity contribution in [2.75, 3.05) is 5.75 Å². The zero-order chi connectivity index (χ0) is 10.6. The van der Waals surface area contributed by atoms with E-state index < -0.39 is 16.8 Å². The first kappa shape index (κ1) is 11.4. The Kier molecular flexibility index (Phi) is 4.28. The van der Waals surface area contributed by atoms with E-state index in [-0.39, 0.29) is 0 Å². The Morgan fingerprint density at radius 1 is 1.64 bits per heavy atom. The minimum atomic E-state index is -0.933. The minimum absolute atomic E-state index is 0.314. The smallest absolute Gasteiger partial charge is 0.346 e. The van der Waals surface area contributed by atoms with Crippen molar-refractivity contribution >= 4 is 28.1 Å². The van der Waals surface area contributed by atoms with Gasteiger partial charge in [-0.15, -0.1) is 11.3 Å². The summed E-state index contributed by atoms with van der Waals surface area (Å²) in [6, 6.07) is 1.74. The van der Waals surface area contributed by atoms with Crippen LogP contribution in [0.5, 0.6) is 0 Å². The van der Waals surface area contributed by atoms with E-state index in [1.165, 1.54) is 11.3 Å². The molecule has 1 heterocycles. The molecule has 1 aromatic heterocycles. The monoisotopic (exact) mass is 232 g/mol. The summed E-state index contributed by atoms with van der Waals surface area (Å²) in [5.41, 5.74) is 0.689. The van der Waals surface area contributed by atoms with Crippen molar-refractivity contribution < 1.29 is 14.1 Å². The van der Waals surface area contributed by atoms with Gasteiger partial charge in [0, 0.05) is 16.6 Å². The van der Waals surface area contributed by atoms with Gasteiger partial charge in [-0.25, -0.2) is 4.79 Å². The number of carboxylic acids is 1. The molecule has 0 aromatic carbocycles. The number of thiophene rings is 1. The molecule has 0 saturated carbocycles. The van der Waals surface area contributed by atoms with Gasteiger partial charge in [0.15, 0.2) is 0 Å². The fourth-order valence-corrected chi connectivity index (χ4v) is 3.15. The van der Waals surface area contributed by atoms with Crippen LogP contribution < -0.4 is 0 Å². The molecule has 0 bridgehead atoms. The van der Waals surface area contributed by atoms with Crippen LogP contribution in [-0.2, 0) is 16.6 Å². The van der Waals surface area contributed by atoms with E-state index in [9.17, 15) is 9.00 Å². The first-order valence-corrected chi connectivity index (χ1v) is 6.66. The zero-order valence-corrected chi connectivity index (χ0v) is 9.49. The highest BCUT2D eigenvalue weighted by atomic mass is 32.2. The summed E-state index contributed by atoms with van der Waals surface area (Å²) < 4.78 is 11.4. The third-order valence-electron chi connectivity index (χ3n) is 1.69. The molecule has 3 nitrogen and oxygen atoms in total. The lowest BCUT2D eigenvalue weighted by Crippen LogP contribution is -2.03. The molecule has 0 aliphatic rings. The predicted octanol–water partition coefficient (Wildman–Crippen LogP) is 2.10. The van der Waals surface area contributed by atoms with Crippen LogP contribution in [0.3, 0.4) is 0 Å². The zero-order valence-electron chi connectivity index (χ0n) is 7.86. The van der Waals surface area contributed by atoms with Gasteiger partial charge >= 0.3 is 5.97 Å². The number of aromatic carboxylic acids is 1. The maximum atomic E-state index is 11.4. The summed E-state index contributed by atoms with van der Waals surface area (Å²) in [7, 11) is -0.933. The summed E-state index contributed by atoms with van der Waals surface area (Å²) >= 11 is 1.18. The Morgan fingerprint density at radius 3 is 2.93 bits per heavy atom. The highest BCUT2D eigenvalue weighted by molar-refractivity contribution is 7.84. The van der Waals surface area contributed by atoms with Crippen molar-refractivity contribution in [1.82, 2.24) is 0 Å². The van der Waals surface area contributed by atoms with Crippen molar-refractivity contribution in [3.05, 3.63) is 21.9 Å². The third-order valence-corrected chi connectivity index (χ3v) is 4.13. The number of carbonyl (C=O) groups is 1. The molecule has 0 radical (unpaired) electrons. The fraction of sp³-hybridized carbons (Fsp3) is 0.444. The van der Waals surface area contributed by atoms with E-state index in [1.807, 2.05) is 6.92 Å². The molecular formula is C9H12O3S2. The normalized spacial score (nSPS) is 12.6. The molecule has 78 valence electrons. The molecule has 14 heavy (non-hydrogen) atoms. The highest BCUT2D eigenvalue weighted by Crippen LogP contribution is 2.18. The summed E-state index contributed by atoms with van der Waals surface area (Å²) in [4.78, 5) is 11.0. The van der Waals surface area contributed by atoms with Crippen molar-refractivity contribution in [2.45, 2.75) is 19.1 Å². The van der Waals surface area contributed by atoms with E-state index in [4.69, 9.17) is 5.11 Å². The fourth-order valence-electron chi connectivity index (χ4n) is 1.11. The topological polar surface area (TPSA) is 54.4 Å². The average Bonchev–Trinajstić information content (AvgIpc) is 2.52. The average molecular weight is 232 g/mol. The second-order valence-corrected chi connectivity index (χ2v) is 5.36. The first-order chi connectivity index (χ1) is 6.65. The van der Waals surface area contributed by atoms with Gasteiger partial charge in [-0.1, -0.05) is 6.92 Å². The lowest BCUT2D eigenvalue weighted by Gasteiger charge is -1.99. The SMILES string of the molecule is CCCS(=O)Cc1ccsc1C(=O)O. The lowest BCUT2D eigenvalue weighted by molar-refractivity contribution is 0.0701. The van der Waals surface area contributed by atoms with Crippen LogP contribution in [0, 0.1) is 0 Å². The molecule has 0 aliphatic carbocycles.